The molecule has 12 heteroatoms. The van der Waals surface area contributed by atoms with Crippen LogP contribution in [0, 0.1) is 0 Å². The van der Waals surface area contributed by atoms with Crippen molar-refractivity contribution in [2.45, 2.75) is 39.2 Å². The summed E-state index contributed by atoms with van der Waals surface area (Å²) in [5.41, 5.74) is 9.93. The van der Waals surface area contributed by atoms with Gasteiger partial charge in [-0.15, -0.1) is 0 Å². The maximum Gasteiger partial charge on any atom is 0.128 e. The number of aliphatic hydroxyl groups excluding tert-OH is 2. The van der Waals surface area contributed by atoms with Crippen LogP contribution in [0.25, 0.3) is 120 Å². The molecule has 0 saturated heterocycles. The van der Waals surface area contributed by atoms with Crippen molar-refractivity contribution in [2.24, 2.45) is 0 Å². The van der Waals surface area contributed by atoms with Gasteiger partial charge in [-0.25, -0.2) is 0 Å². The van der Waals surface area contributed by atoms with Gasteiger partial charge < -0.3 is 38.6 Å². The van der Waals surface area contributed by atoms with E-state index >= 15 is 0 Å². The lowest BCUT2D eigenvalue weighted by Crippen LogP contribution is -2.12. The highest BCUT2D eigenvalue weighted by Crippen LogP contribution is 2.56. The molecule has 506 valence electrons. The fourth-order valence-electron chi connectivity index (χ4n) is 14.7. The average molecular weight is 1430 g/mol. The molecule has 2 N–H and O–H groups in total. The molecule has 0 fully saturated rings. The van der Waals surface area contributed by atoms with E-state index in [0.29, 0.717) is 34.5 Å². The summed E-state index contributed by atoms with van der Waals surface area (Å²) in [6.07, 6.45) is 0. The molecule has 0 radical (unpaired) electrons. The molecule has 16 aromatic rings. The van der Waals surface area contributed by atoms with Crippen LogP contribution >= 0.6 is 47.0 Å². The largest absolute Gasteiger partial charge is 0.491 e. The second-order valence-electron chi connectivity index (χ2n) is 25.5. The zero-order chi connectivity index (χ0) is 69.5. The van der Waals surface area contributed by atoms with Gasteiger partial charge in [-0.2, -0.15) is 0 Å². The SMILES string of the molecule is OCCOc1ccc2ccccc2c1-c1c(OCCOc2ccc3cc(-c4cccc5c4Sc4ccccc4S5)ccc3c2-c2c(OCCOc3ccc4ccccc4c3-c3c(OCCO)ccc4ccccc34)ccc3cc(-c4cccc5c4Sc4ccccc4S5)ccc23)ccc2ccccc12. The molecular formula is C92H66O8S4. The van der Waals surface area contributed by atoms with E-state index in [2.05, 4.69) is 243 Å². The highest BCUT2D eigenvalue weighted by Gasteiger charge is 2.27. The van der Waals surface area contributed by atoms with Gasteiger partial charge in [-0.05, 0) is 172 Å². The molecule has 16 aromatic carbocycles. The Hall–Kier alpha value is -10.8. The normalized spacial score (nSPS) is 12.3. The average Bonchev–Trinajstić information content (AvgIpc) is 0.761. The molecule has 0 bridgehead atoms. The van der Waals surface area contributed by atoms with Gasteiger partial charge in [0.2, 0.25) is 0 Å². The van der Waals surface area contributed by atoms with Crippen molar-refractivity contribution in [3.8, 4) is 90.1 Å². The molecule has 0 spiro atoms. The summed E-state index contributed by atoms with van der Waals surface area (Å²) in [4.78, 5) is 9.99. The zero-order valence-corrected chi connectivity index (χ0v) is 59.6. The molecule has 2 heterocycles. The Morgan fingerprint density at radius 2 is 0.471 bits per heavy atom. The molecule has 0 saturated carbocycles. The molecular weight excluding hydrogens is 1360 g/mol. The first-order valence-corrected chi connectivity index (χ1v) is 38.1. The second-order valence-corrected chi connectivity index (χ2v) is 29.8. The molecule has 8 nitrogen and oxygen atoms in total. The van der Waals surface area contributed by atoms with Crippen molar-refractivity contribution >= 4 is 112 Å². The second kappa shape index (κ2) is 28.8. The van der Waals surface area contributed by atoms with Crippen molar-refractivity contribution in [3.63, 3.8) is 0 Å². The molecule has 0 amide bonds. The van der Waals surface area contributed by atoms with Gasteiger partial charge in [0.05, 0.1) is 13.2 Å². The first-order valence-electron chi connectivity index (χ1n) is 34.9. The van der Waals surface area contributed by atoms with Crippen LogP contribution in [0.1, 0.15) is 0 Å². The van der Waals surface area contributed by atoms with Gasteiger partial charge in [-0.3, -0.25) is 0 Å². The van der Waals surface area contributed by atoms with Gasteiger partial charge in [0.25, 0.3) is 0 Å². The first-order chi connectivity index (χ1) is 51.5. The van der Waals surface area contributed by atoms with Crippen LogP contribution in [0.3, 0.4) is 0 Å². The Kier molecular flexibility index (Phi) is 18.1. The number of benzene rings is 16. The van der Waals surface area contributed by atoms with Crippen molar-refractivity contribution in [1.29, 1.82) is 0 Å². The number of rotatable bonds is 21. The predicted molar refractivity (Wildman–Crippen MR) is 428 cm³/mol. The fourth-order valence-corrected chi connectivity index (χ4v) is 19.5. The van der Waals surface area contributed by atoms with Crippen LogP contribution in [-0.2, 0) is 0 Å². The zero-order valence-electron chi connectivity index (χ0n) is 56.3. The molecule has 0 unspecified atom stereocenters. The summed E-state index contributed by atoms with van der Waals surface area (Å²) in [7, 11) is 0. The minimum atomic E-state index is -0.125. The number of fused-ring (bicyclic) bond motifs is 10. The first kappa shape index (κ1) is 65.2. The van der Waals surface area contributed by atoms with Gasteiger partial charge in [0, 0.05) is 72.5 Å². The Balaban J connectivity index is 0.761. The Morgan fingerprint density at radius 1 is 0.212 bits per heavy atom. The number of hydrogen-bond acceptors (Lipinski definition) is 12. The van der Waals surface area contributed by atoms with Crippen LogP contribution in [-0.4, -0.2) is 63.1 Å². The Morgan fingerprint density at radius 3 is 0.788 bits per heavy atom. The fraction of sp³-hybridized carbons (Fsp3) is 0.0870. The van der Waals surface area contributed by atoms with Crippen molar-refractivity contribution in [3.05, 3.63) is 291 Å². The summed E-state index contributed by atoms with van der Waals surface area (Å²) in [6.45, 7) is 0.800. The lowest BCUT2D eigenvalue weighted by molar-refractivity contribution is 0.202. The quantitative estimate of drug-likeness (QED) is 0.0671. The van der Waals surface area contributed by atoms with Gasteiger partial charge in [-0.1, -0.05) is 253 Å². The molecule has 18 rings (SSSR count). The summed E-state index contributed by atoms with van der Waals surface area (Å²) < 4.78 is 41.3. The minimum absolute atomic E-state index is 0.125. The third kappa shape index (κ3) is 12.3. The Labute approximate surface area is 619 Å². The van der Waals surface area contributed by atoms with Crippen LogP contribution in [0.4, 0.5) is 0 Å². The topological polar surface area (TPSA) is 95.8 Å². The number of aliphatic hydroxyl groups is 2. The maximum absolute atomic E-state index is 10.0. The molecule has 2 aliphatic heterocycles. The van der Waals surface area contributed by atoms with Gasteiger partial charge >= 0.3 is 0 Å². The van der Waals surface area contributed by atoms with E-state index < -0.39 is 0 Å². The molecule has 0 atom stereocenters. The van der Waals surface area contributed by atoms with E-state index in [0.717, 1.165) is 109 Å². The minimum Gasteiger partial charge on any atom is -0.491 e. The lowest BCUT2D eigenvalue weighted by atomic mass is 9.90. The molecule has 2 aliphatic rings. The monoisotopic (exact) mass is 1430 g/mol. The van der Waals surface area contributed by atoms with E-state index in [1.807, 2.05) is 95.6 Å². The van der Waals surface area contributed by atoms with E-state index in [1.54, 1.807) is 0 Å². The molecule has 0 aliphatic carbocycles. The number of hydrogen-bond donors (Lipinski definition) is 2. The van der Waals surface area contributed by atoms with Crippen molar-refractivity contribution in [2.75, 3.05) is 52.9 Å². The summed E-state index contributed by atoms with van der Waals surface area (Å²) in [5.74, 6) is 4.01. The standard InChI is InChI=1S/C92H66O8S4/c93-47-49-95-73-41-33-57-15-1-5-19-65(57)85(73)87-67-21-7-3-17-59(67)35-43-75(87)97-51-53-99-77-45-37-61-55-63(71-23-13-29-83-91(71)103-81-27-11-9-25-79(81)101-83)31-39-69(61)89(77)90-70-40-32-64(72-24-14-30-84-92(72)104-82-28-12-10-26-80(82)102-84)56-62(70)38-46-78(90)100-54-52-98-76-44-36-60-18-4-8-22-68(60)88(76)86-66-20-6-2-16-58(66)34-42-74(86)96-50-48-94/h1-46,55-56,93-94H,47-54H2. The van der Waals surface area contributed by atoms with Gasteiger partial charge in [0.1, 0.15) is 74.1 Å². The van der Waals surface area contributed by atoms with E-state index in [4.69, 9.17) is 28.4 Å². The van der Waals surface area contributed by atoms with Crippen LogP contribution in [0.5, 0.6) is 34.5 Å². The highest BCUT2D eigenvalue weighted by atomic mass is 32.2. The third-order valence-electron chi connectivity index (χ3n) is 19.3. The van der Waals surface area contributed by atoms with E-state index in [9.17, 15) is 10.2 Å². The van der Waals surface area contributed by atoms with Gasteiger partial charge in [0.15, 0.2) is 0 Å². The third-order valence-corrected chi connectivity index (χ3v) is 24.5. The summed E-state index contributed by atoms with van der Waals surface area (Å²) in [5, 5.41) is 32.4. The Bertz CT molecular complexity index is 5670. The van der Waals surface area contributed by atoms with E-state index in [-0.39, 0.29) is 52.9 Å². The highest BCUT2D eigenvalue weighted by molar-refractivity contribution is 8.05. The van der Waals surface area contributed by atoms with Crippen molar-refractivity contribution < 1.29 is 38.6 Å². The van der Waals surface area contributed by atoms with Crippen LogP contribution in [0.15, 0.2) is 330 Å². The molecule has 0 aromatic heterocycles. The van der Waals surface area contributed by atoms with Crippen molar-refractivity contribution in [1.82, 2.24) is 0 Å². The van der Waals surface area contributed by atoms with Crippen LogP contribution < -0.4 is 28.4 Å². The molecule has 104 heavy (non-hydrogen) atoms. The maximum atomic E-state index is 10.0. The summed E-state index contributed by atoms with van der Waals surface area (Å²) >= 11 is 7.31. The lowest BCUT2D eigenvalue weighted by Gasteiger charge is -2.23. The predicted octanol–water partition coefficient (Wildman–Crippen LogP) is 23.8. The van der Waals surface area contributed by atoms with E-state index in [1.165, 1.54) is 50.3 Å². The smallest absolute Gasteiger partial charge is 0.128 e. The van der Waals surface area contributed by atoms with Crippen LogP contribution in [0.2, 0.25) is 0 Å². The summed E-state index contributed by atoms with van der Waals surface area (Å²) in [6, 6.07) is 103. The number of ether oxygens (including phenoxy) is 6.